The summed E-state index contributed by atoms with van der Waals surface area (Å²) in [4.78, 5) is 36.0. The van der Waals surface area contributed by atoms with Gasteiger partial charge in [0, 0.05) is 5.70 Å². The summed E-state index contributed by atoms with van der Waals surface area (Å²) in [5, 5.41) is 5.31. The lowest BCUT2D eigenvalue weighted by Crippen LogP contribution is -2.46. The van der Waals surface area contributed by atoms with E-state index in [4.69, 9.17) is 4.74 Å². The zero-order valence-corrected chi connectivity index (χ0v) is 14.9. The Hall–Kier alpha value is -2.83. The maximum Gasteiger partial charge on any atom is 0.338 e. The molecule has 0 aliphatic carbocycles. The predicted octanol–water partition coefficient (Wildman–Crippen LogP) is 2.44. The lowest BCUT2D eigenvalue weighted by molar-refractivity contribution is -0.150. The maximum absolute atomic E-state index is 12.6. The molecule has 25 heavy (non-hydrogen) atoms. The molecule has 0 saturated carbocycles. The molecule has 1 aliphatic rings. The number of rotatable bonds is 3. The first-order chi connectivity index (χ1) is 11.6. The molecule has 0 bridgehead atoms. The zero-order valence-electron chi connectivity index (χ0n) is 14.9. The number of urea groups is 1. The molecular weight excluding hydrogens is 324 g/mol. The van der Waals surface area contributed by atoms with Crippen LogP contribution in [0, 0.1) is 0 Å². The SMILES string of the molecule is COC(=O)c1ccc([C@@H]2NC(=O)NC(C)=C2C(=O)OC(C)(C)C)cc1. The lowest BCUT2D eigenvalue weighted by Gasteiger charge is -2.30. The molecule has 2 rings (SSSR count). The predicted molar refractivity (Wildman–Crippen MR) is 90.7 cm³/mol. The van der Waals surface area contributed by atoms with Crippen molar-refractivity contribution >= 4 is 18.0 Å². The molecular formula is C18H22N2O5. The first-order valence-electron chi connectivity index (χ1n) is 7.82. The van der Waals surface area contributed by atoms with Crippen LogP contribution in [0.3, 0.4) is 0 Å². The molecule has 2 amide bonds. The Balaban J connectivity index is 2.39. The van der Waals surface area contributed by atoms with Gasteiger partial charge >= 0.3 is 18.0 Å². The van der Waals surface area contributed by atoms with E-state index in [0.717, 1.165) is 0 Å². The van der Waals surface area contributed by atoms with Gasteiger partial charge in [-0.25, -0.2) is 14.4 Å². The van der Waals surface area contributed by atoms with Gasteiger partial charge in [-0.15, -0.1) is 0 Å². The topological polar surface area (TPSA) is 93.7 Å². The number of ether oxygens (including phenoxy) is 2. The summed E-state index contributed by atoms with van der Waals surface area (Å²) in [5.74, 6) is -0.973. The van der Waals surface area contributed by atoms with Crippen molar-refractivity contribution in [2.75, 3.05) is 7.11 Å². The van der Waals surface area contributed by atoms with Gasteiger partial charge in [-0.3, -0.25) is 0 Å². The molecule has 7 nitrogen and oxygen atoms in total. The number of methoxy groups -OCH3 is 1. The molecule has 0 unspecified atom stereocenters. The first-order valence-corrected chi connectivity index (χ1v) is 7.82. The molecule has 1 aromatic rings. The van der Waals surface area contributed by atoms with Gasteiger partial charge in [-0.05, 0) is 45.4 Å². The van der Waals surface area contributed by atoms with Crippen LogP contribution in [0.5, 0.6) is 0 Å². The largest absolute Gasteiger partial charge is 0.465 e. The van der Waals surface area contributed by atoms with Gasteiger partial charge in [-0.2, -0.15) is 0 Å². The molecule has 1 aromatic carbocycles. The van der Waals surface area contributed by atoms with Crippen LogP contribution in [0.4, 0.5) is 4.79 Å². The average Bonchev–Trinajstić information content (AvgIpc) is 2.51. The molecule has 0 aromatic heterocycles. The van der Waals surface area contributed by atoms with Gasteiger partial charge in [0.15, 0.2) is 0 Å². The minimum absolute atomic E-state index is 0.320. The number of hydrogen-bond donors (Lipinski definition) is 2. The van der Waals surface area contributed by atoms with Gasteiger partial charge in [0.2, 0.25) is 0 Å². The number of hydrogen-bond acceptors (Lipinski definition) is 5. The number of nitrogens with one attached hydrogen (secondary N) is 2. The Kier molecular flexibility index (Phi) is 5.15. The fraction of sp³-hybridized carbons (Fsp3) is 0.389. The van der Waals surface area contributed by atoms with Crippen LogP contribution in [-0.4, -0.2) is 30.7 Å². The minimum Gasteiger partial charge on any atom is -0.465 e. The highest BCUT2D eigenvalue weighted by molar-refractivity contribution is 5.95. The fourth-order valence-electron chi connectivity index (χ4n) is 2.48. The first kappa shape index (κ1) is 18.5. The number of esters is 2. The second-order valence-electron chi connectivity index (χ2n) is 6.69. The molecule has 0 saturated heterocycles. The van der Waals surface area contributed by atoms with Gasteiger partial charge in [0.25, 0.3) is 0 Å². The molecule has 134 valence electrons. The second-order valence-corrected chi connectivity index (χ2v) is 6.69. The van der Waals surface area contributed by atoms with Crippen LogP contribution in [0.2, 0.25) is 0 Å². The Morgan fingerprint density at radius 2 is 1.68 bits per heavy atom. The van der Waals surface area contributed by atoms with E-state index in [1.807, 2.05) is 0 Å². The summed E-state index contributed by atoms with van der Waals surface area (Å²) in [6.45, 7) is 6.97. The van der Waals surface area contributed by atoms with Crippen molar-refractivity contribution in [3.05, 3.63) is 46.7 Å². The molecule has 0 spiro atoms. The van der Waals surface area contributed by atoms with Crippen molar-refractivity contribution in [1.29, 1.82) is 0 Å². The highest BCUT2D eigenvalue weighted by atomic mass is 16.6. The van der Waals surface area contributed by atoms with Crippen LogP contribution >= 0.6 is 0 Å². The van der Waals surface area contributed by atoms with Crippen LogP contribution in [0.25, 0.3) is 0 Å². The van der Waals surface area contributed by atoms with Crippen LogP contribution in [-0.2, 0) is 14.3 Å². The Bertz CT molecular complexity index is 729. The van der Waals surface area contributed by atoms with Crippen molar-refractivity contribution in [2.45, 2.75) is 39.3 Å². The summed E-state index contributed by atoms with van der Waals surface area (Å²) >= 11 is 0. The van der Waals surface area contributed by atoms with Gasteiger partial charge < -0.3 is 20.1 Å². The normalized spacial score (nSPS) is 17.5. The molecule has 0 radical (unpaired) electrons. The summed E-state index contributed by atoms with van der Waals surface area (Å²) < 4.78 is 10.1. The molecule has 1 atom stereocenters. The standard InChI is InChI=1S/C18H22N2O5/c1-10-13(16(22)25-18(2,3)4)14(20-17(23)19-10)11-6-8-12(9-7-11)15(21)24-5/h6-9,14H,1-5H3,(H2,19,20,23)/t14-/m0/s1. The monoisotopic (exact) mass is 346 g/mol. The Labute approximate surface area is 146 Å². The smallest absolute Gasteiger partial charge is 0.338 e. The van der Waals surface area contributed by atoms with Crippen molar-refractivity contribution in [3.8, 4) is 0 Å². The number of carbonyl (C=O) groups is 3. The lowest BCUT2D eigenvalue weighted by atomic mass is 9.94. The van der Waals surface area contributed by atoms with E-state index in [1.165, 1.54) is 7.11 Å². The second kappa shape index (κ2) is 6.96. The van der Waals surface area contributed by atoms with Crippen molar-refractivity contribution in [1.82, 2.24) is 10.6 Å². The van der Waals surface area contributed by atoms with E-state index in [0.29, 0.717) is 22.4 Å². The van der Waals surface area contributed by atoms with E-state index >= 15 is 0 Å². The van der Waals surface area contributed by atoms with E-state index in [-0.39, 0.29) is 0 Å². The molecule has 2 N–H and O–H groups in total. The number of allylic oxidation sites excluding steroid dienone is 1. The molecule has 1 aliphatic heterocycles. The molecule has 1 heterocycles. The highest BCUT2D eigenvalue weighted by Gasteiger charge is 2.34. The van der Waals surface area contributed by atoms with Crippen LogP contribution in [0.1, 0.15) is 49.7 Å². The molecule has 7 heteroatoms. The summed E-state index contributed by atoms with van der Waals surface area (Å²) in [6.07, 6.45) is 0. The number of amides is 2. The van der Waals surface area contributed by atoms with E-state index < -0.39 is 29.6 Å². The average molecular weight is 346 g/mol. The minimum atomic E-state index is -0.671. The van der Waals surface area contributed by atoms with Crippen LogP contribution in [0.15, 0.2) is 35.5 Å². The summed E-state index contributed by atoms with van der Waals surface area (Å²) in [5.41, 5.74) is 1.12. The molecule has 0 fully saturated rings. The zero-order chi connectivity index (χ0) is 18.8. The fourth-order valence-corrected chi connectivity index (χ4v) is 2.48. The third kappa shape index (κ3) is 4.37. The van der Waals surface area contributed by atoms with Crippen molar-refractivity contribution < 1.29 is 23.9 Å². The highest BCUT2D eigenvalue weighted by Crippen LogP contribution is 2.29. The summed E-state index contributed by atoms with van der Waals surface area (Å²) in [6, 6.07) is 5.41. The van der Waals surface area contributed by atoms with Gasteiger partial charge in [0.1, 0.15) is 5.60 Å². The number of carbonyl (C=O) groups excluding carboxylic acids is 3. The van der Waals surface area contributed by atoms with E-state index in [1.54, 1.807) is 52.0 Å². The van der Waals surface area contributed by atoms with E-state index in [9.17, 15) is 14.4 Å². The summed E-state index contributed by atoms with van der Waals surface area (Å²) in [7, 11) is 1.30. The van der Waals surface area contributed by atoms with Crippen molar-refractivity contribution in [2.24, 2.45) is 0 Å². The third-order valence-electron chi connectivity index (χ3n) is 3.55. The van der Waals surface area contributed by atoms with Crippen molar-refractivity contribution in [3.63, 3.8) is 0 Å². The van der Waals surface area contributed by atoms with E-state index in [2.05, 4.69) is 15.4 Å². The number of benzene rings is 1. The van der Waals surface area contributed by atoms with Gasteiger partial charge in [-0.1, -0.05) is 12.1 Å². The third-order valence-corrected chi connectivity index (χ3v) is 3.55. The maximum atomic E-state index is 12.6. The van der Waals surface area contributed by atoms with Gasteiger partial charge in [0.05, 0.1) is 24.3 Å². The Morgan fingerprint density at radius 3 is 2.20 bits per heavy atom. The van der Waals surface area contributed by atoms with Crippen LogP contribution < -0.4 is 10.6 Å². The Morgan fingerprint density at radius 1 is 1.08 bits per heavy atom. The quantitative estimate of drug-likeness (QED) is 0.820.